The molecular formula is C16H27F3N2O4S. The van der Waals surface area contributed by atoms with Gasteiger partial charge in [0.1, 0.15) is 6.04 Å². The van der Waals surface area contributed by atoms with Crippen LogP contribution in [0.5, 0.6) is 0 Å². The molecule has 0 rings (SSSR count). The predicted octanol–water partition coefficient (Wildman–Crippen LogP) is 2.52. The molecule has 0 aromatic rings. The summed E-state index contributed by atoms with van der Waals surface area (Å²) in [5.41, 5.74) is 1.95. The minimum Gasteiger partial charge on any atom is -0.465 e. The number of aliphatic hydroxyl groups is 1. The molecule has 4 N–H and O–H groups in total. The number of halogens is 3. The lowest BCUT2D eigenvalue weighted by molar-refractivity contribution is -0.243. The number of allylic oxidation sites excluding steroid dienone is 2. The van der Waals surface area contributed by atoms with Crippen molar-refractivity contribution >= 4 is 15.7 Å². The topological polar surface area (TPSA) is 113 Å². The van der Waals surface area contributed by atoms with E-state index in [1.54, 1.807) is 6.92 Å². The van der Waals surface area contributed by atoms with Crippen LogP contribution >= 0.6 is 0 Å². The van der Waals surface area contributed by atoms with Crippen LogP contribution in [-0.4, -0.2) is 51.2 Å². The van der Waals surface area contributed by atoms with Crippen LogP contribution in [0, 0.1) is 4.78 Å². The Kier molecular flexibility index (Phi) is 9.54. The minimum atomic E-state index is -4.99. The molecule has 152 valence electrons. The maximum atomic E-state index is 13.4. The average Bonchev–Trinajstić information content (AvgIpc) is 2.54. The number of rotatable bonds is 10. The molecule has 6 nitrogen and oxygen atoms in total. The molecule has 0 aromatic carbocycles. The molecule has 0 amide bonds. The number of alkyl halides is 3. The zero-order valence-electron chi connectivity index (χ0n) is 15.1. The third kappa shape index (κ3) is 7.08. The number of ether oxygens (including phenoxy) is 1. The van der Waals surface area contributed by atoms with Crippen LogP contribution in [0.15, 0.2) is 23.8 Å². The summed E-state index contributed by atoms with van der Waals surface area (Å²) in [6, 6.07) is -1.10. The summed E-state index contributed by atoms with van der Waals surface area (Å²) in [5, 5.41) is 10.2. The van der Waals surface area contributed by atoms with Gasteiger partial charge in [0.05, 0.1) is 6.61 Å². The van der Waals surface area contributed by atoms with E-state index in [9.17, 15) is 27.3 Å². The van der Waals surface area contributed by atoms with Crippen molar-refractivity contribution in [3.8, 4) is 0 Å². The Labute approximate surface area is 152 Å². The lowest BCUT2D eigenvalue weighted by Crippen LogP contribution is -2.48. The zero-order valence-corrected chi connectivity index (χ0v) is 16.0. The van der Waals surface area contributed by atoms with E-state index in [2.05, 4.69) is 4.74 Å². The van der Waals surface area contributed by atoms with E-state index in [4.69, 9.17) is 10.5 Å². The van der Waals surface area contributed by atoms with Crippen molar-refractivity contribution in [2.45, 2.75) is 51.4 Å². The Balaban J connectivity index is 5.16. The summed E-state index contributed by atoms with van der Waals surface area (Å²) in [7, 11) is -3.47. The van der Waals surface area contributed by atoms with Crippen molar-refractivity contribution in [2.24, 2.45) is 5.73 Å². The largest absolute Gasteiger partial charge is 0.465 e. The maximum Gasteiger partial charge on any atom is 0.421 e. The van der Waals surface area contributed by atoms with Crippen LogP contribution in [0.2, 0.25) is 0 Å². The summed E-state index contributed by atoms with van der Waals surface area (Å²) in [6.45, 7) is 4.55. The lowest BCUT2D eigenvalue weighted by Gasteiger charge is -2.32. The molecule has 0 fully saturated rings. The third-order valence-electron chi connectivity index (χ3n) is 3.75. The molecule has 0 spiro atoms. The number of carbonyl (C=O) groups is 1. The van der Waals surface area contributed by atoms with E-state index in [0.29, 0.717) is 0 Å². The first-order chi connectivity index (χ1) is 11.8. The molecule has 0 heterocycles. The van der Waals surface area contributed by atoms with E-state index < -0.39 is 45.7 Å². The van der Waals surface area contributed by atoms with Gasteiger partial charge in [-0.2, -0.15) is 13.2 Å². The second kappa shape index (κ2) is 10.1. The van der Waals surface area contributed by atoms with Gasteiger partial charge in [-0.05, 0) is 32.8 Å². The fraction of sp³-hybridized carbons (Fsp3) is 0.688. The highest BCUT2D eigenvalue weighted by Crippen LogP contribution is 2.39. The normalized spacial score (nSPS) is 19.0. The van der Waals surface area contributed by atoms with Crippen LogP contribution in [0.3, 0.4) is 0 Å². The molecule has 26 heavy (non-hydrogen) atoms. The highest BCUT2D eigenvalue weighted by atomic mass is 32.2. The van der Waals surface area contributed by atoms with Crippen molar-refractivity contribution in [1.29, 1.82) is 4.78 Å². The summed E-state index contributed by atoms with van der Waals surface area (Å²) in [6.07, 6.45) is -2.49. The smallest absolute Gasteiger partial charge is 0.421 e. The van der Waals surface area contributed by atoms with Crippen LogP contribution in [0.25, 0.3) is 0 Å². The molecule has 0 aliphatic carbocycles. The second-order valence-electron chi connectivity index (χ2n) is 5.72. The second-order valence-corrected chi connectivity index (χ2v) is 8.16. The minimum absolute atomic E-state index is 0.110. The third-order valence-corrected chi connectivity index (χ3v) is 5.50. The molecule has 0 radical (unpaired) electrons. The number of carbonyl (C=O) groups excluding carboxylic acids is 1. The summed E-state index contributed by atoms with van der Waals surface area (Å²) in [4.78, 5) is 11.4. The van der Waals surface area contributed by atoms with Gasteiger partial charge in [-0.3, -0.25) is 9.57 Å². The molecular weight excluding hydrogens is 373 g/mol. The van der Waals surface area contributed by atoms with E-state index in [1.807, 2.05) is 0 Å². The van der Waals surface area contributed by atoms with Gasteiger partial charge in [-0.1, -0.05) is 18.2 Å². The quantitative estimate of drug-likeness (QED) is 0.385. The molecule has 0 aliphatic rings. The lowest BCUT2D eigenvalue weighted by atomic mass is 9.89. The van der Waals surface area contributed by atoms with Gasteiger partial charge in [-0.25, -0.2) is 4.21 Å². The van der Waals surface area contributed by atoms with E-state index >= 15 is 0 Å². The standard InChI is InChI=1S/C16H27F3N2O4S/c1-4-7-12(5-2)15(23,16(17,18)19)9-11-26(21,24)10-8-13(20)14(22)25-6-3/h4-5,7,13,21,23H,6,8-11,20H2,1-3H3/b7-4-,12-5+/t13-,15+,26+/m0/s1. The van der Waals surface area contributed by atoms with E-state index in [0.717, 1.165) is 12.2 Å². The van der Waals surface area contributed by atoms with Crippen LogP contribution in [0.1, 0.15) is 33.6 Å². The van der Waals surface area contributed by atoms with Gasteiger partial charge in [0.25, 0.3) is 0 Å². The molecule has 0 unspecified atom stereocenters. The van der Waals surface area contributed by atoms with Gasteiger partial charge in [0, 0.05) is 27.7 Å². The Hall–Kier alpha value is -1.39. The first-order valence-corrected chi connectivity index (χ1v) is 9.99. The van der Waals surface area contributed by atoms with E-state index in [-0.39, 0.29) is 24.4 Å². The Bertz CT molecular complexity index is 630. The van der Waals surface area contributed by atoms with Crippen molar-refractivity contribution < 1.29 is 32.0 Å². The highest BCUT2D eigenvalue weighted by Gasteiger charge is 2.55. The number of nitrogens with two attached hydrogens (primary N) is 1. The Morgan fingerprint density at radius 2 is 1.92 bits per heavy atom. The molecule has 0 aromatic heterocycles. The van der Waals surface area contributed by atoms with Gasteiger partial charge >= 0.3 is 12.1 Å². The SMILES string of the molecule is C/C=C\C(=C/C)[C@](O)(CC[S@](=N)(=O)CC[C@H](N)C(=O)OCC)C(F)(F)F. The van der Waals surface area contributed by atoms with E-state index in [1.165, 1.54) is 19.9 Å². The van der Waals surface area contributed by atoms with Gasteiger partial charge < -0.3 is 15.6 Å². The number of hydrogen-bond donors (Lipinski definition) is 3. The Morgan fingerprint density at radius 3 is 2.35 bits per heavy atom. The predicted molar refractivity (Wildman–Crippen MR) is 94.0 cm³/mol. The number of nitrogens with one attached hydrogen (secondary N) is 1. The summed E-state index contributed by atoms with van der Waals surface area (Å²) < 4.78 is 64.8. The van der Waals surface area contributed by atoms with Crippen molar-refractivity contribution in [2.75, 3.05) is 18.1 Å². The molecule has 3 atom stereocenters. The first kappa shape index (κ1) is 24.6. The van der Waals surface area contributed by atoms with Gasteiger partial charge in [0.15, 0.2) is 5.60 Å². The fourth-order valence-corrected chi connectivity index (χ4v) is 3.67. The summed E-state index contributed by atoms with van der Waals surface area (Å²) >= 11 is 0. The van der Waals surface area contributed by atoms with Crippen molar-refractivity contribution in [1.82, 2.24) is 0 Å². The van der Waals surface area contributed by atoms with Crippen LogP contribution in [-0.2, 0) is 19.3 Å². The molecule has 0 aliphatic heterocycles. The van der Waals surface area contributed by atoms with Gasteiger partial charge in [-0.15, -0.1) is 0 Å². The average molecular weight is 400 g/mol. The summed E-state index contributed by atoms with van der Waals surface area (Å²) in [5.74, 6) is -1.78. The van der Waals surface area contributed by atoms with Gasteiger partial charge in [0.2, 0.25) is 0 Å². The number of esters is 1. The fourth-order valence-electron chi connectivity index (χ4n) is 2.20. The zero-order chi connectivity index (χ0) is 20.6. The van der Waals surface area contributed by atoms with Crippen molar-refractivity contribution in [3.63, 3.8) is 0 Å². The molecule has 0 saturated heterocycles. The first-order valence-electron chi connectivity index (χ1n) is 8.09. The monoisotopic (exact) mass is 400 g/mol. The van der Waals surface area contributed by atoms with Crippen molar-refractivity contribution in [3.05, 3.63) is 23.8 Å². The molecule has 0 bridgehead atoms. The van der Waals surface area contributed by atoms with Crippen LogP contribution in [0.4, 0.5) is 13.2 Å². The molecule has 0 saturated carbocycles. The molecule has 10 heteroatoms. The maximum absolute atomic E-state index is 13.4. The van der Waals surface area contributed by atoms with Crippen LogP contribution < -0.4 is 5.73 Å². The Morgan fingerprint density at radius 1 is 1.35 bits per heavy atom. The highest BCUT2D eigenvalue weighted by molar-refractivity contribution is 7.92. The number of hydrogen-bond acceptors (Lipinski definition) is 6.